The molecule has 0 spiro atoms. The van der Waals surface area contributed by atoms with E-state index in [1.165, 1.54) is 11.3 Å². The standard InChI is InChI=1S/C19H21N3O2S.2ClH/c1-24-16-5-4-15-17(14-7-10-25-18(14)19(23)21-15)13(16)3-2-8-22-9-6-12(20)11-22;;/h2-5,7,10,12H,6,8-9,11,20H2,1H3,(H,21,23);2*1H. The van der Waals surface area contributed by atoms with Crippen LogP contribution in [0.15, 0.2) is 34.4 Å². The van der Waals surface area contributed by atoms with Crippen LogP contribution in [0.1, 0.15) is 12.0 Å². The topological polar surface area (TPSA) is 71.4 Å². The summed E-state index contributed by atoms with van der Waals surface area (Å²) in [5.41, 5.74) is 7.77. The van der Waals surface area contributed by atoms with Crippen molar-refractivity contribution in [3.05, 3.63) is 45.6 Å². The van der Waals surface area contributed by atoms with Crippen LogP contribution in [0, 0.1) is 0 Å². The monoisotopic (exact) mass is 427 g/mol. The Morgan fingerprint density at radius 3 is 2.89 bits per heavy atom. The molecule has 27 heavy (non-hydrogen) atoms. The van der Waals surface area contributed by atoms with E-state index in [0.717, 1.165) is 58.4 Å². The maximum atomic E-state index is 12.2. The molecule has 1 saturated heterocycles. The highest BCUT2D eigenvalue weighted by molar-refractivity contribution is 7.17. The van der Waals surface area contributed by atoms with Crippen LogP contribution in [0.4, 0.5) is 0 Å². The molecule has 1 fully saturated rings. The highest BCUT2D eigenvalue weighted by atomic mass is 35.5. The van der Waals surface area contributed by atoms with Gasteiger partial charge in [-0.05, 0) is 30.0 Å². The van der Waals surface area contributed by atoms with Crippen LogP contribution in [0.3, 0.4) is 0 Å². The Balaban J connectivity index is 0.00000131. The lowest BCUT2D eigenvalue weighted by molar-refractivity contribution is 0.372. The van der Waals surface area contributed by atoms with E-state index in [4.69, 9.17) is 10.5 Å². The molecule has 0 bridgehead atoms. The molecule has 0 saturated carbocycles. The summed E-state index contributed by atoms with van der Waals surface area (Å²) in [7, 11) is 1.68. The van der Waals surface area contributed by atoms with Gasteiger partial charge in [-0.3, -0.25) is 9.69 Å². The van der Waals surface area contributed by atoms with Crippen molar-refractivity contribution in [3.63, 3.8) is 0 Å². The van der Waals surface area contributed by atoms with Crippen molar-refractivity contribution in [3.8, 4) is 5.75 Å². The normalized spacial score (nSPS) is 17.3. The van der Waals surface area contributed by atoms with Crippen LogP contribution < -0.4 is 16.0 Å². The zero-order valence-corrected chi connectivity index (χ0v) is 17.4. The average Bonchev–Trinajstić information content (AvgIpc) is 3.24. The summed E-state index contributed by atoms with van der Waals surface area (Å²) in [6, 6.07) is 6.11. The first-order valence-corrected chi connectivity index (χ1v) is 9.30. The number of aromatic nitrogens is 1. The number of nitrogens with one attached hydrogen (secondary N) is 1. The molecule has 0 radical (unpaired) electrons. The van der Waals surface area contributed by atoms with Gasteiger partial charge in [0.05, 0.1) is 7.11 Å². The van der Waals surface area contributed by atoms with Gasteiger partial charge in [0.15, 0.2) is 0 Å². The number of halogens is 2. The molecule has 3 aromatic rings. The maximum absolute atomic E-state index is 12.2. The molecule has 0 amide bonds. The van der Waals surface area contributed by atoms with Crippen molar-refractivity contribution in [2.75, 3.05) is 26.7 Å². The summed E-state index contributed by atoms with van der Waals surface area (Å²) < 4.78 is 6.33. The summed E-state index contributed by atoms with van der Waals surface area (Å²) in [4.78, 5) is 17.6. The second-order valence-electron chi connectivity index (χ2n) is 6.43. The lowest BCUT2D eigenvalue weighted by Crippen LogP contribution is -2.26. The first-order valence-electron chi connectivity index (χ1n) is 8.42. The average molecular weight is 428 g/mol. The molecular formula is C19H23Cl2N3O2S. The van der Waals surface area contributed by atoms with Crippen LogP contribution in [-0.2, 0) is 0 Å². The number of aromatic amines is 1. The van der Waals surface area contributed by atoms with Crippen molar-refractivity contribution in [2.45, 2.75) is 12.5 Å². The van der Waals surface area contributed by atoms with Gasteiger partial charge in [-0.15, -0.1) is 36.2 Å². The zero-order chi connectivity index (χ0) is 17.4. The minimum Gasteiger partial charge on any atom is -0.496 e. The quantitative estimate of drug-likeness (QED) is 0.666. The number of hydrogen-bond donors (Lipinski definition) is 2. The number of H-pyrrole nitrogens is 1. The highest BCUT2D eigenvalue weighted by Gasteiger charge is 2.17. The molecule has 1 unspecified atom stereocenters. The second kappa shape index (κ2) is 9.08. The Labute approximate surface area is 174 Å². The lowest BCUT2D eigenvalue weighted by atomic mass is 10.0. The maximum Gasteiger partial charge on any atom is 0.266 e. The van der Waals surface area contributed by atoms with E-state index in [2.05, 4.69) is 22.0 Å². The third kappa shape index (κ3) is 4.15. The number of fused-ring (bicyclic) bond motifs is 3. The van der Waals surface area contributed by atoms with E-state index in [1.54, 1.807) is 7.11 Å². The minimum absolute atomic E-state index is 0. The fourth-order valence-corrected chi connectivity index (χ4v) is 4.34. The Bertz CT molecular complexity index is 1020. The molecule has 1 atom stereocenters. The lowest BCUT2D eigenvalue weighted by Gasteiger charge is -2.13. The fourth-order valence-electron chi connectivity index (χ4n) is 3.55. The van der Waals surface area contributed by atoms with Gasteiger partial charge in [0.1, 0.15) is 10.4 Å². The Hall–Kier alpha value is -1.57. The van der Waals surface area contributed by atoms with Crippen LogP contribution >= 0.6 is 36.2 Å². The molecule has 2 aromatic heterocycles. The zero-order valence-electron chi connectivity index (χ0n) is 14.9. The number of nitrogens with zero attached hydrogens (tertiary/aromatic N) is 1. The minimum atomic E-state index is -0.0383. The Morgan fingerprint density at radius 1 is 1.37 bits per heavy atom. The van der Waals surface area contributed by atoms with Gasteiger partial charge in [0.2, 0.25) is 0 Å². The third-order valence-corrected chi connectivity index (χ3v) is 5.68. The number of benzene rings is 1. The third-order valence-electron chi connectivity index (χ3n) is 4.77. The number of ether oxygens (including phenoxy) is 1. The van der Waals surface area contributed by atoms with Gasteiger partial charge in [0, 0.05) is 47.5 Å². The first-order chi connectivity index (χ1) is 12.2. The van der Waals surface area contributed by atoms with Crippen LogP contribution in [0.25, 0.3) is 27.1 Å². The molecular weight excluding hydrogens is 405 g/mol. The summed E-state index contributed by atoms with van der Waals surface area (Å²) in [5, 5.41) is 3.97. The molecule has 1 aliphatic rings. The molecule has 1 aliphatic heterocycles. The predicted molar refractivity (Wildman–Crippen MR) is 119 cm³/mol. The van der Waals surface area contributed by atoms with Crippen molar-refractivity contribution in [2.24, 2.45) is 5.73 Å². The number of likely N-dealkylation sites (tertiary alicyclic amines) is 1. The number of hydrogen-bond acceptors (Lipinski definition) is 5. The number of nitrogens with two attached hydrogens (primary N) is 1. The summed E-state index contributed by atoms with van der Waals surface area (Å²) in [5.74, 6) is 0.807. The van der Waals surface area contributed by atoms with Gasteiger partial charge in [-0.2, -0.15) is 0 Å². The van der Waals surface area contributed by atoms with E-state index in [1.807, 2.05) is 23.6 Å². The SMILES string of the molecule is COc1ccc2[nH]c(=O)c3sccc3c2c1C=CCN1CCC(N)C1.Cl.Cl. The Kier molecular flexibility index (Phi) is 7.31. The number of methoxy groups -OCH3 is 1. The Morgan fingerprint density at radius 2 is 2.19 bits per heavy atom. The smallest absolute Gasteiger partial charge is 0.266 e. The highest BCUT2D eigenvalue weighted by Crippen LogP contribution is 2.34. The molecule has 146 valence electrons. The number of rotatable bonds is 4. The van der Waals surface area contributed by atoms with Crippen molar-refractivity contribution in [1.82, 2.24) is 9.88 Å². The molecule has 4 rings (SSSR count). The van der Waals surface area contributed by atoms with Crippen LogP contribution in [0.2, 0.25) is 0 Å². The molecule has 3 N–H and O–H groups in total. The second-order valence-corrected chi connectivity index (χ2v) is 7.35. The van der Waals surface area contributed by atoms with Crippen molar-refractivity contribution in [1.29, 1.82) is 0 Å². The van der Waals surface area contributed by atoms with Crippen molar-refractivity contribution >= 4 is 63.2 Å². The van der Waals surface area contributed by atoms with Crippen LogP contribution in [0.5, 0.6) is 5.75 Å². The van der Waals surface area contributed by atoms with Crippen LogP contribution in [-0.4, -0.2) is 42.7 Å². The number of thiophene rings is 1. The number of pyridine rings is 1. The van der Waals surface area contributed by atoms with Gasteiger partial charge < -0.3 is 15.5 Å². The predicted octanol–water partition coefficient (Wildman–Crippen LogP) is 3.64. The van der Waals surface area contributed by atoms with E-state index in [9.17, 15) is 4.79 Å². The van der Waals surface area contributed by atoms with E-state index < -0.39 is 0 Å². The van der Waals surface area contributed by atoms with Gasteiger partial charge in [-0.1, -0.05) is 12.2 Å². The molecule has 5 nitrogen and oxygen atoms in total. The molecule has 0 aliphatic carbocycles. The van der Waals surface area contributed by atoms with E-state index >= 15 is 0 Å². The molecule has 3 heterocycles. The largest absolute Gasteiger partial charge is 0.496 e. The fraction of sp³-hybridized carbons (Fsp3) is 0.316. The summed E-state index contributed by atoms with van der Waals surface area (Å²) >= 11 is 1.46. The summed E-state index contributed by atoms with van der Waals surface area (Å²) in [6.45, 7) is 2.85. The molecule has 8 heteroatoms. The van der Waals surface area contributed by atoms with Gasteiger partial charge >= 0.3 is 0 Å². The van der Waals surface area contributed by atoms with Gasteiger partial charge in [-0.25, -0.2) is 0 Å². The van der Waals surface area contributed by atoms with Gasteiger partial charge in [0.25, 0.3) is 5.56 Å². The summed E-state index contributed by atoms with van der Waals surface area (Å²) in [6.07, 6.45) is 5.31. The van der Waals surface area contributed by atoms with E-state index in [0.29, 0.717) is 0 Å². The molecule has 1 aromatic carbocycles. The van der Waals surface area contributed by atoms with Crippen molar-refractivity contribution < 1.29 is 4.74 Å². The van der Waals surface area contributed by atoms with E-state index in [-0.39, 0.29) is 36.4 Å². The first kappa shape index (κ1) is 21.7.